The first-order valence-electron chi connectivity index (χ1n) is 7.30. The maximum atomic E-state index is 11.9. The minimum absolute atomic E-state index is 0.235. The summed E-state index contributed by atoms with van der Waals surface area (Å²) in [7, 11) is 0. The van der Waals surface area contributed by atoms with E-state index in [4.69, 9.17) is 9.47 Å². The lowest BCUT2D eigenvalue weighted by Crippen LogP contribution is -2.22. The van der Waals surface area contributed by atoms with Gasteiger partial charge in [-0.25, -0.2) is 9.59 Å². The molecule has 0 saturated heterocycles. The van der Waals surface area contributed by atoms with E-state index in [0.717, 1.165) is 4.88 Å². The lowest BCUT2D eigenvalue weighted by Gasteiger charge is -2.10. The van der Waals surface area contributed by atoms with Crippen LogP contribution in [-0.4, -0.2) is 31.1 Å². The second kappa shape index (κ2) is 8.26. The van der Waals surface area contributed by atoms with Gasteiger partial charge in [0.2, 0.25) is 0 Å². The molecule has 0 fully saturated rings. The van der Waals surface area contributed by atoms with Crippen LogP contribution in [0.5, 0.6) is 0 Å². The molecule has 0 bridgehead atoms. The number of aryl methyl sites for hydroxylation is 1. The van der Waals surface area contributed by atoms with Gasteiger partial charge in [-0.1, -0.05) is 12.1 Å². The average molecular weight is 347 g/mol. The van der Waals surface area contributed by atoms with Crippen molar-refractivity contribution in [2.45, 2.75) is 13.8 Å². The molecule has 1 aromatic heterocycles. The predicted molar refractivity (Wildman–Crippen MR) is 90.4 cm³/mol. The number of ether oxygens (including phenoxy) is 2. The van der Waals surface area contributed by atoms with Gasteiger partial charge in [0.15, 0.2) is 6.61 Å². The quantitative estimate of drug-likeness (QED) is 0.812. The molecule has 0 spiro atoms. The Labute approximate surface area is 143 Å². The van der Waals surface area contributed by atoms with Crippen molar-refractivity contribution in [2.75, 3.05) is 18.5 Å². The molecule has 0 saturated carbocycles. The van der Waals surface area contributed by atoms with Gasteiger partial charge >= 0.3 is 11.9 Å². The van der Waals surface area contributed by atoms with Crippen molar-refractivity contribution in [1.29, 1.82) is 0 Å². The number of carbonyl (C=O) groups excluding carboxylic acids is 3. The summed E-state index contributed by atoms with van der Waals surface area (Å²) in [6.45, 7) is 3.37. The van der Waals surface area contributed by atoms with Crippen molar-refractivity contribution < 1.29 is 23.9 Å². The van der Waals surface area contributed by atoms with E-state index in [1.807, 2.05) is 6.92 Å². The molecule has 0 aliphatic carbocycles. The number of hydrogen-bond acceptors (Lipinski definition) is 6. The van der Waals surface area contributed by atoms with Crippen LogP contribution in [0, 0.1) is 6.92 Å². The Morgan fingerprint density at radius 1 is 1.04 bits per heavy atom. The third kappa shape index (κ3) is 4.66. The largest absolute Gasteiger partial charge is 0.462 e. The molecule has 7 heteroatoms. The summed E-state index contributed by atoms with van der Waals surface area (Å²) in [6, 6.07) is 9.93. The molecule has 0 atom stereocenters. The van der Waals surface area contributed by atoms with Crippen molar-refractivity contribution in [3.8, 4) is 0 Å². The summed E-state index contributed by atoms with van der Waals surface area (Å²) >= 11 is 1.30. The molecule has 1 amide bonds. The van der Waals surface area contributed by atoms with E-state index >= 15 is 0 Å². The van der Waals surface area contributed by atoms with Gasteiger partial charge in [0.05, 0.1) is 17.9 Å². The zero-order valence-electron chi connectivity index (χ0n) is 13.3. The van der Waals surface area contributed by atoms with Crippen LogP contribution in [0.1, 0.15) is 31.8 Å². The van der Waals surface area contributed by atoms with E-state index in [1.165, 1.54) is 11.3 Å². The lowest BCUT2D eigenvalue weighted by atomic mass is 10.2. The normalized spacial score (nSPS) is 10.1. The second-order valence-corrected chi connectivity index (χ2v) is 6.09. The van der Waals surface area contributed by atoms with E-state index in [2.05, 4.69) is 5.32 Å². The minimum Gasteiger partial charge on any atom is -0.462 e. The number of nitrogens with one attached hydrogen (secondary N) is 1. The van der Waals surface area contributed by atoms with Gasteiger partial charge in [-0.3, -0.25) is 4.79 Å². The number of thiophene rings is 1. The Kier molecular flexibility index (Phi) is 6.08. The molecule has 24 heavy (non-hydrogen) atoms. The van der Waals surface area contributed by atoms with Gasteiger partial charge in [-0.15, -0.1) is 11.3 Å². The van der Waals surface area contributed by atoms with Gasteiger partial charge in [-0.05, 0) is 38.1 Å². The zero-order valence-corrected chi connectivity index (χ0v) is 14.1. The van der Waals surface area contributed by atoms with Crippen LogP contribution in [-0.2, 0) is 14.3 Å². The molecule has 0 aliphatic rings. The molecule has 0 aliphatic heterocycles. The zero-order chi connectivity index (χ0) is 17.5. The van der Waals surface area contributed by atoms with Crippen LogP contribution < -0.4 is 5.32 Å². The molecular formula is C17H17NO5S. The van der Waals surface area contributed by atoms with Gasteiger partial charge < -0.3 is 14.8 Å². The van der Waals surface area contributed by atoms with Gasteiger partial charge in [-0.2, -0.15) is 0 Å². The molecular weight excluding hydrogens is 330 g/mol. The van der Waals surface area contributed by atoms with Crippen molar-refractivity contribution in [3.63, 3.8) is 0 Å². The molecule has 2 rings (SSSR count). The van der Waals surface area contributed by atoms with Crippen molar-refractivity contribution >= 4 is 34.9 Å². The Hall–Kier alpha value is -2.67. The summed E-state index contributed by atoms with van der Waals surface area (Å²) in [6.07, 6.45) is 0. The summed E-state index contributed by atoms with van der Waals surface area (Å²) in [5.74, 6) is -1.62. The van der Waals surface area contributed by atoms with E-state index < -0.39 is 24.5 Å². The molecule has 1 aromatic carbocycles. The maximum absolute atomic E-state index is 11.9. The Morgan fingerprint density at radius 2 is 1.79 bits per heavy atom. The van der Waals surface area contributed by atoms with Crippen molar-refractivity contribution in [1.82, 2.24) is 0 Å². The molecule has 1 heterocycles. The number of esters is 2. The number of hydrogen-bond donors (Lipinski definition) is 1. The lowest BCUT2D eigenvalue weighted by molar-refractivity contribution is -0.119. The van der Waals surface area contributed by atoms with Crippen molar-refractivity contribution in [2.24, 2.45) is 0 Å². The summed E-state index contributed by atoms with van der Waals surface area (Å²) < 4.78 is 9.90. The number of amides is 1. The van der Waals surface area contributed by atoms with E-state index in [0.29, 0.717) is 10.6 Å². The molecule has 6 nitrogen and oxygen atoms in total. The smallest absolute Gasteiger partial charge is 0.348 e. The number of rotatable bonds is 6. The number of para-hydroxylation sites is 1. The highest BCUT2D eigenvalue weighted by molar-refractivity contribution is 7.13. The topological polar surface area (TPSA) is 81.7 Å². The first kappa shape index (κ1) is 17.7. The standard InChI is InChI=1S/C17H17NO5S/c1-3-22-16(20)12-6-4-5-7-13(12)18-15(19)10-23-17(21)14-9-8-11(2)24-14/h4-9H,3,10H2,1-2H3,(H,18,19). The van der Waals surface area contributed by atoms with Crippen LogP contribution in [0.25, 0.3) is 0 Å². The van der Waals surface area contributed by atoms with E-state index in [9.17, 15) is 14.4 Å². The van der Waals surface area contributed by atoms with Crippen molar-refractivity contribution in [3.05, 3.63) is 51.7 Å². The van der Waals surface area contributed by atoms with Gasteiger partial charge in [0.1, 0.15) is 4.88 Å². The molecule has 1 N–H and O–H groups in total. The molecule has 126 valence electrons. The van der Waals surface area contributed by atoms with Crippen LogP contribution >= 0.6 is 11.3 Å². The van der Waals surface area contributed by atoms with E-state index in [-0.39, 0.29) is 12.2 Å². The highest BCUT2D eigenvalue weighted by Gasteiger charge is 2.16. The minimum atomic E-state index is -0.554. The third-order valence-corrected chi connectivity index (χ3v) is 3.95. The Balaban J connectivity index is 1.95. The van der Waals surface area contributed by atoms with Gasteiger partial charge in [0.25, 0.3) is 5.91 Å². The summed E-state index contributed by atoms with van der Waals surface area (Å²) in [5, 5.41) is 2.55. The molecule has 0 unspecified atom stereocenters. The van der Waals surface area contributed by atoms with Crippen LogP contribution in [0.15, 0.2) is 36.4 Å². The SMILES string of the molecule is CCOC(=O)c1ccccc1NC(=O)COC(=O)c1ccc(C)s1. The fraction of sp³-hybridized carbons (Fsp3) is 0.235. The molecule has 2 aromatic rings. The predicted octanol–water partition coefficient (Wildman–Crippen LogP) is 3.03. The fourth-order valence-electron chi connectivity index (χ4n) is 1.91. The Morgan fingerprint density at radius 3 is 2.46 bits per heavy atom. The first-order chi connectivity index (χ1) is 11.5. The molecule has 0 radical (unpaired) electrons. The summed E-state index contributed by atoms with van der Waals surface area (Å²) in [5.41, 5.74) is 0.553. The van der Waals surface area contributed by atoms with E-state index in [1.54, 1.807) is 43.3 Å². The van der Waals surface area contributed by atoms with Crippen LogP contribution in [0.3, 0.4) is 0 Å². The van der Waals surface area contributed by atoms with Crippen LogP contribution in [0.2, 0.25) is 0 Å². The van der Waals surface area contributed by atoms with Crippen LogP contribution in [0.4, 0.5) is 5.69 Å². The highest BCUT2D eigenvalue weighted by Crippen LogP contribution is 2.17. The monoisotopic (exact) mass is 347 g/mol. The summed E-state index contributed by atoms with van der Waals surface area (Å²) in [4.78, 5) is 37.0. The maximum Gasteiger partial charge on any atom is 0.348 e. The number of benzene rings is 1. The second-order valence-electron chi connectivity index (χ2n) is 4.80. The third-order valence-electron chi connectivity index (χ3n) is 2.97. The average Bonchev–Trinajstić information content (AvgIpc) is 3.00. The Bertz CT molecular complexity index is 753. The van der Waals surface area contributed by atoms with Gasteiger partial charge in [0, 0.05) is 4.88 Å². The number of carbonyl (C=O) groups is 3. The first-order valence-corrected chi connectivity index (χ1v) is 8.12. The fourth-order valence-corrected chi connectivity index (χ4v) is 2.67. The highest BCUT2D eigenvalue weighted by atomic mass is 32.1. The number of anilines is 1.